The summed E-state index contributed by atoms with van der Waals surface area (Å²) in [5.74, 6) is 1.29. The first kappa shape index (κ1) is 21.7. The summed E-state index contributed by atoms with van der Waals surface area (Å²) in [5, 5.41) is 9.13. The Balaban J connectivity index is 1.72. The van der Waals surface area contributed by atoms with E-state index >= 15 is 0 Å². The van der Waals surface area contributed by atoms with Gasteiger partial charge in [-0.15, -0.1) is 10.2 Å². The molecule has 1 unspecified atom stereocenters. The van der Waals surface area contributed by atoms with Crippen molar-refractivity contribution in [3.63, 3.8) is 0 Å². The SMILES string of the molecule is CC(Sc1nnc(-c2ccccc2F)n1Cc1ccccc1)c1nc(N)nc(N(C)C)n1. The molecule has 1 atom stereocenters. The molecule has 0 bridgehead atoms. The minimum atomic E-state index is -0.348. The molecule has 10 heteroatoms. The highest BCUT2D eigenvalue weighted by Gasteiger charge is 2.22. The van der Waals surface area contributed by atoms with Gasteiger partial charge in [-0.05, 0) is 24.6 Å². The maximum Gasteiger partial charge on any atom is 0.229 e. The number of nitrogen functional groups attached to an aromatic ring is 1. The average molecular weight is 451 g/mol. The van der Waals surface area contributed by atoms with Crippen molar-refractivity contribution in [3.05, 3.63) is 71.8 Å². The van der Waals surface area contributed by atoms with Crippen LogP contribution in [-0.2, 0) is 6.54 Å². The Hall–Kier alpha value is -3.53. The van der Waals surface area contributed by atoms with Crippen LogP contribution in [0.5, 0.6) is 0 Å². The number of benzene rings is 2. The van der Waals surface area contributed by atoms with Crippen LogP contribution in [0.4, 0.5) is 16.3 Å². The molecule has 0 saturated carbocycles. The number of thioether (sulfide) groups is 1. The normalized spacial score (nSPS) is 12.0. The minimum Gasteiger partial charge on any atom is -0.368 e. The molecule has 0 amide bonds. The lowest BCUT2D eigenvalue weighted by atomic mass is 10.2. The van der Waals surface area contributed by atoms with Crippen molar-refractivity contribution in [2.24, 2.45) is 0 Å². The summed E-state index contributed by atoms with van der Waals surface area (Å²) < 4.78 is 16.5. The van der Waals surface area contributed by atoms with Crippen LogP contribution in [0.2, 0.25) is 0 Å². The van der Waals surface area contributed by atoms with Gasteiger partial charge in [0.15, 0.2) is 11.0 Å². The molecular weight excluding hydrogens is 427 g/mol. The number of aromatic nitrogens is 6. The second-order valence-electron chi connectivity index (χ2n) is 7.36. The third-order valence-corrected chi connectivity index (χ3v) is 5.80. The van der Waals surface area contributed by atoms with E-state index < -0.39 is 0 Å². The number of hydrogen-bond donors (Lipinski definition) is 1. The van der Waals surface area contributed by atoms with Crippen LogP contribution >= 0.6 is 11.8 Å². The fraction of sp³-hybridized carbons (Fsp3) is 0.227. The first-order valence-corrected chi connectivity index (χ1v) is 10.9. The van der Waals surface area contributed by atoms with Gasteiger partial charge in [0, 0.05) is 14.1 Å². The Kier molecular flexibility index (Phi) is 6.31. The van der Waals surface area contributed by atoms with Gasteiger partial charge in [0.2, 0.25) is 11.9 Å². The van der Waals surface area contributed by atoms with Crippen molar-refractivity contribution in [1.29, 1.82) is 0 Å². The third-order valence-electron chi connectivity index (χ3n) is 4.72. The van der Waals surface area contributed by atoms with Crippen molar-refractivity contribution >= 4 is 23.7 Å². The molecular formula is C22H23FN8S. The highest BCUT2D eigenvalue weighted by molar-refractivity contribution is 7.99. The van der Waals surface area contributed by atoms with Crippen LogP contribution in [0, 0.1) is 5.82 Å². The highest BCUT2D eigenvalue weighted by Crippen LogP contribution is 2.35. The second kappa shape index (κ2) is 9.31. The van der Waals surface area contributed by atoms with Crippen LogP contribution in [0.3, 0.4) is 0 Å². The van der Waals surface area contributed by atoms with E-state index in [1.165, 1.54) is 17.8 Å². The van der Waals surface area contributed by atoms with Gasteiger partial charge in [-0.3, -0.25) is 4.57 Å². The molecule has 2 N–H and O–H groups in total. The maximum absolute atomic E-state index is 14.6. The van der Waals surface area contributed by atoms with E-state index in [1.807, 2.05) is 55.9 Å². The first-order chi connectivity index (χ1) is 15.4. The van der Waals surface area contributed by atoms with Crippen LogP contribution < -0.4 is 10.6 Å². The molecule has 2 aromatic heterocycles. The van der Waals surface area contributed by atoms with E-state index in [0.29, 0.717) is 34.9 Å². The second-order valence-corrected chi connectivity index (χ2v) is 8.67. The van der Waals surface area contributed by atoms with Gasteiger partial charge >= 0.3 is 0 Å². The summed E-state index contributed by atoms with van der Waals surface area (Å²) in [6, 6.07) is 16.5. The fourth-order valence-electron chi connectivity index (χ4n) is 3.12. The van der Waals surface area contributed by atoms with Gasteiger partial charge in [0.1, 0.15) is 11.6 Å². The number of halogens is 1. The topological polar surface area (TPSA) is 98.6 Å². The molecule has 0 aliphatic carbocycles. The molecule has 0 aliphatic rings. The predicted octanol–water partition coefficient (Wildman–Crippen LogP) is 3.82. The predicted molar refractivity (Wildman–Crippen MR) is 124 cm³/mol. The summed E-state index contributed by atoms with van der Waals surface area (Å²) >= 11 is 1.43. The fourth-order valence-corrected chi connectivity index (χ4v) is 4.01. The molecule has 0 radical (unpaired) electrons. The smallest absolute Gasteiger partial charge is 0.229 e. The van der Waals surface area contributed by atoms with Crippen LogP contribution in [0.15, 0.2) is 59.8 Å². The molecule has 4 rings (SSSR count). The van der Waals surface area contributed by atoms with E-state index in [4.69, 9.17) is 5.73 Å². The molecule has 32 heavy (non-hydrogen) atoms. The van der Waals surface area contributed by atoms with Gasteiger partial charge < -0.3 is 10.6 Å². The van der Waals surface area contributed by atoms with Crippen LogP contribution in [0.25, 0.3) is 11.4 Å². The molecule has 0 spiro atoms. The Morgan fingerprint density at radius 3 is 2.44 bits per heavy atom. The Labute approximate surface area is 189 Å². The zero-order valence-electron chi connectivity index (χ0n) is 18.0. The van der Waals surface area contributed by atoms with Gasteiger partial charge in [0.05, 0.1) is 17.4 Å². The van der Waals surface area contributed by atoms with E-state index in [2.05, 4.69) is 25.1 Å². The minimum absolute atomic E-state index is 0.156. The first-order valence-electron chi connectivity index (χ1n) is 10.00. The third kappa shape index (κ3) is 4.70. The Bertz CT molecular complexity index is 1210. The lowest BCUT2D eigenvalue weighted by molar-refractivity contribution is 0.626. The summed E-state index contributed by atoms with van der Waals surface area (Å²) in [6.45, 7) is 2.46. The summed E-state index contributed by atoms with van der Waals surface area (Å²) in [6.07, 6.45) is 0. The van der Waals surface area contributed by atoms with Crippen molar-refractivity contribution in [1.82, 2.24) is 29.7 Å². The molecule has 8 nitrogen and oxygen atoms in total. The quantitative estimate of drug-likeness (QED) is 0.424. The average Bonchev–Trinajstić information content (AvgIpc) is 3.16. The largest absolute Gasteiger partial charge is 0.368 e. The zero-order valence-corrected chi connectivity index (χ0v) is 18.8. The molecule has 0 saturated heterocycles. The maximum atomic E-state index is 14.6. The van der Waals surface area contributed by atoms with Crippen molar-refractivity contribution in [2.45, 2.75) is 23.9 Å². The van der Waals surface area contributed by atoms with Gasteiger partial charge in [0.25, 0.3) is 0 Å². The van der Waals surface area contributed by atoms with Gasteiger partial charge in [-0.25, -0.2) is 4.39 Å². The molecule has 164 valence electrons. The Morgan fingerprint density at radius 2 is 1.72 bits per heavy atom. The number of rotatable bonds is 7. The number of hydrogen-bond acceptors (Lipinski definition) is 8. The highest BCUT2D eigenvalue weighted by atomic mass is 32.2. The standard InChI is InChI=1S/C22H23FN8S/c1-14(18-25-20(24)27-21(26-18)30(2)3)32-22-29-28-19(16-11-7-8-12-17(16)23)31(22)13-15-9-5-4-6-10-15/h4-12,14H,13H2,1-3H3,(H2,24,25,26,27). The molecule has 2 aromatic carbocycles. The molecule has 2 heterocycles. The lowest BCUT2D eigenvalue weighted by Crippen LogP contribution is -2.16. The summed E-state index contributed by atoms with van der Waals surface area (Å²) in [4.78, 5) is 14.7. The summed E-state index contributed by atoms with van der Waals surface area (Å²) in [7, 11) is 3.68. The van der Waals surface area contributed by atoms with Crippen molar-refractivity contribution in [3.8, 4) is 11.4 Å². The van der Waals surface area contributed by atoms with E-state index in [1.54, 1.807) is 23.1 Å². The number of nitrogens with two attached hydrogens (primary N) is 1. The van der Waals surface area contributed by atoms with Gasteiger partial charge in [-0.1, -0.05) is 54.2 Å². The van der Waals surface area contributed by atoms with Gasteiger partial charge in [-0.2, -0.15) is 15.0 Å². The van der Waals surface area contributed by atoms with Crippen molar-refractivity contribution in [2.75, 3.05) is 24.7 Å². The van der Waals surface area contributed by atoms with E-state index in [9.17, 15) is 4.39 Å². The van der Waals surface area contributed by atoms with Crippen LogP contribution in [-0.4, -0.2) is 43.8 Å². The van der Waals surface area contributed by atoms with Crippen molar-refractivity contribution < 1.29 is 4.39 Å². The van der Waals surface area contributed by atoms with Crippen LogP contribution in [0.1, 0.15) is 23.6 Å². The van der Waals surface area contributed by atoms with E-state index in [-0.39, 0.29) is 17.0 Å². The molecule has 4 aromatic rings. The number of anilines is 2. The molecule has 0 aliphatic heterocycles. The summed E-state index contributed by atoms with van der Waals surface area (Å²) in [5.41, 5.74) is 7.34. The Morgan fingerprint density at radius 1 is 1.00 bits per heavy atom. The zero-order chi connectivity index (χ0) is 22.7. The monoisotopic (exact) mass is 450 g/mol. The number of nitrogens with zero attached hydrogens (tertiary/aromatic N) is 7. The van der Waals surface area contributed by atoms with E-state index in [0.717, 1.165) is 5.56 Å². The lowest BCUT2D eigenvalue weighted by Gasteiger charge is -2.15. The molecule has 0 fully saturated rings.